The summed E-state index contributed by atoms with van der Waals surface area (Å²) >= 11 is 1.76. The largest absolute Gasteiger partial charge is 0.375 e. The minimum atomic E-state index is -0.0714. The number of nitrogens with zero attached hydrogens (tertiary/aromatic N) is 2. The van der Waals surface area contributed by atoms with E-state index in [9.17, 15) is 4.79 Å². The Hall–Kier alpha value is -1.40. The molecule has 1 aliphatic rings. The van der Waals surface area contributed by atoms with Crippen molar-refractivity contribution in [1.29, 1.82) is 0 Å². The third kappa shape index (κ3) is 3.22. The van der Waals surface area contributed by atoms with Crippen LogP contribution in [0.2, 0.25) is 0 Å². The van der Waals surface area contributed by atoms with Gasteiger partial charge in [0.25, 0.3) is 0 Å². The van der Waals surface area contributed by atoms with Gasteiger partial charge in [-0.15, -0.1) is 11.3 Å². The third-order valence-corrected chi connectivity index (χ3v) is 5.95. The number of thiazole rings is 1. The van der Waals surface area contributed by atoms with Gasteiger partial charge in [-0.3, -0.25) is 9.20 Å². The van der Waals surface area contributed by atoms with Crippen LogP contribution in [0.3, 0.4) is 0 Å². The fourth-order valence-electron chi connectivity index (χ4n) is 3.44. The second-order valence-corrected chi connectivity index (χ2v) is 8.68. The standard InChI is InChI=1S/C18H27N3O2S/c1-6-23-10-13-16(19-11(2)22)21-14-8-7-12(18(3,4)5)9-15(14)24-17(21)20-13/h12H,6-10H2,1-5H3,(H,19,22). The van der Waals surface area contributed by atoms with Crippen LogP contribution in [0.15, 0.2) is 0 Å². The maximum atomic E-state index is 11.7. The number of imidazole rings is 1. The summed E-state index contributed by atoms with van der Waals surface area (Å²) in [6.07, 6.45) is 3.32. The van der Waals surface area contributed by atoms with Gasteiger partial charge in [0.15, 0.2) is 4.96 Å². The Morgan fingerprint density at radius 2 is 2.21 bits per heavy atom. The maximum absolute atomic E-state index is 11.7. The molecule has 0 aliphatic heterocycles. The molecule has 0 saturated carbocycles. The molecule has 2 aromatic rings. The van der Waals surface area contributed by atoms with Crippen molar-refractivity contribution in [3.8, 4) is 0 Å². The van der Waals surface area contributed by atoms with Gasteiger partial charge < -0.3 is 10.1 Å². The zero-order valence-electron chi connectivity index (χ0n) is 15.2. The Balaban J connectivity index is 2.02. The first-order chi connectivity index (χ1) is 11.3. The Kier molecular flexibility index (Phi) is 4.71. The van der Waals surface area contributed by atoms with Gasteiger partial charge in [-0.05, 0) is 37.5 Å². The van der Waals surface area contributed by atoms with Crippen LogP contribution >= 0.6 is 11.3 Å². The second-order valence-electron chi connectivity index (χ2n) is 7.62. The zero-order valence-corrected chi connectivity index (χ0v) is 16.0. The highest BCUT2D eigenvalue weighted by atomic mass is 32.1. The molecule has 0 fully saturated rings. The summed E-state index contributed by atoms with van der Waals surface area (Å²) in [5.74, 6) is 1.41. The highest BCUT2D eigenvalue weighted by molar-refractivity contribution is 7.17. The predicted octanol–water partition coefficient (Wildman–Crippen LogP) is 4.04. The van der Waals surface area contributed by atoms with Crippen molar-refractivity contribution in [3.05, 3.63) is 16.3 Å². The van der Waals surface area contributed by atoms with Crippen LogP contribution in [0.1, 0.15) is 57.3 Å². The molecule has 0 bridgehead atoms. The smallest absolute Gasteiger partial charge is 0.222 e. The van der Waals surface area contributed by atoms with Gasteiger partial charge in [0.1, 0.15) is 11.5 Å². The molecule has 1 N–H and O–H groups in total. The number of amides is 1. The fourth-order valence-corrected chi connectivity index (χ4v) is 4.70. The number of ether oxygens (including phenoxy) is 1. The molecular formula is C18H27N3O2S. The van der Waals surface area contributed by atoms with E-state index >= 15 is 0 Å². The van der Waals surface area contributed by atoms with Gasteiger partial charge in [0.05, 0.1) is 6.61 Å². The van der Waals surface area contributed by atoms with Crippen LogP contribution in [0.25, 0.3) is 4.96 Å². The van der Waals surface area contributed by atoms with E-state index in [0.717, 1.165) is 29.3 Å². The van der Waals surface area contributed by atoms with Gasteiger partial charge in [-0.1, -0.05) is 20.8 Å². The molecule has 0 spiro atoms. The summed E-state index contributed by atoms with van der Waals surface area (Å²) in [5.41, 5.74) is 2.46. The van der Waals surface area contributed by atoms with Crippen LogP contribution in [-0.4, -0.2) is 21.9 Å². The second kappa shape index (κ2) is 6.48. The molecule has 3 rings (SSSR count). The van der Waals surface area contributed by atoms with E-state index in [4.69, 9.17) is 9.72 Å². The molecule has 0 saturated heterocycles. The lowest BCUT2D eigenvalue weighted by Gasteiger charge is -2.33. The minimum Gasteiger partial charge on any atom is -0.375 e. The Bertz CT molecular complexity index is 754. The van der Waals surface area contributed by atoms with Gasteiger partial charge in [-0.2, -0.15) is 0 Å². The first-order valence-corrected chi connectivity index (χ1v) is 9.50. The summed E-state index contributed by atoms with van der Waals surface area (Å²) in [6, 6.07) is 0. The maximum Gasteiger partial charge on any atom is 0.222 e. The van der Waals surface area contributed by atoms with E-state index in [2.05, 4.69) is 30.5 Å². The Morgan fingerprint density at radius 1 is 1.46 bits per heavy atom. The molecule has 132 valence electrons. The third-order valence-electron chi connectivity index (χ3n) is 4.85. The average Bonchev–Trinajstić information content (AvgIpc) is 2.99. The summed E-state index contributed by atoms with van der Waals surface area (Å²) in [7, 11) is 0. The number of carbonyl (C=O) groups is 1. The topological polar surface area (TPSA) is 55.6 Å². The molecule has 2 heterocycles. The van der Waals surface area contributed by atoms with Crippen molar-refractivity contribution in [3.63, 3.8) is 0 Å². The molecule has 1 atom stereocenters. The zero-order chi connectivity index (χ0) is 17.5. The number of anilines is 1. The first-order valence-electron chi connectivity index (χ1n) is 8.68. The number of nitrogens with one attached hydrogen (secondary N) is 1. The number of aromatic nitrogens is 2. The van der Waals surface area contributed by atoms with Crippen LogP contribution in [0.4, 0.5) is 5.82 Å². The van der Waals surface area contributed by atoms with E-state index in [1.54, 1.807) is 11.3 Å². The molecule has 6 heteroatoms. The van der Waals surface area contributed by atoms with Crippen LogP contribution < -0.4 is 5.32 Å². The van der Waals surface area contributed by atoms with Crippen LogP contribution in [-0.2, 0) is 29.0 Å². The number of fused-ring (bicyclic) bond motifs is 3. The molecule has 0 radical (unpaired) electrons. The molecule has 5 nitrogen and oxygen atoms in total. The number of carbonyl (C=O) groups excluding carboxylic acids is 1. The highest BCUT2D eigenvalue weighted by Gasteiger charge is 2.32. The Labute approximate surface area is 147 Å². The molecule has 24 heavy (non-hydrogen) atoms. The molecule has 2 aromatic heterocycles. The van der Waals surface area contributed by atoms with Gasteiger partial charge in [-0.25, -0.2) is 4.98 Å². The molecule has 1 amide bonds. The van der Waals surface area contributed by atoms with Crippen molar-refractivity contribution in [2.24, 2.45) is 11.3 Å². The van der Waals surface area contributed by atoms with E-state index in [1.165, 1.54) is 23.9 Å². The number of hydrogen-bond donors (Lipinski definition) is 1. The van der Waals surface area contributed by atoms with E-state index in [0.29, 0.717) is 24.5 Å². The number of rotatable bonds is 4. The number of aryl methyl sites for hydroxylation is 1. The van der Waals surface area contributed by atoms with Crippen molar-refractivity contribution in [2.75, 3.05) is 11.9 Å². The number of hydrogen-bond acceptors (Lipinski definition) is 4. The molecular weight excluding hydrogens is 322 g/mol. The fraction of sp³-hybridized carbons (Fsp3) is 0.667. The van der Waals surface area contributed by atoms with E-state index < -0.39 is 0 Å². The van der Waals surface area contributed by atoms with Gasteiger partial charge in [0, 0.05) is 24.1 Å². The Morgan fingerprint density at radius 3 is 2.83 bits per heavy atom. The minimum absolute atomic E-state index is 0.0714. The molecule has 1 aliphatic carbocycles. The summed E-state index contributed by atoms with van der Waals surface area (Å²) in [6.45, 7) is 11.5. The lowest BCUT2D eigenvalue weighted by molar-refractivity contribution is -0.114. The van der Waals surface area contributed by atoms with Gasteiger partial charge >= 0.3 is 0 Å². The average molecular weight is 350 g/mol. The van der Waals surface area contributed by atoms with Crippen molar-refractivity contribution >= 4 is 28.0 Å². The van der Waals surface area contributed by atoms with Crippen LogP contribution in [0, 0.1) is 11.3 Å². The molecule has 1 unspecified atom stereocenters. The highest BCUT2D eigenvalue weighted by Crippen LogP contribution is 2.41. The van der Waals surface area contributed by atoms with Crippen molar-refractivity contribution < 1.29 is 9.53 Å². The first kappa shape index (κ1) is 17.4. The summed E-state index contributed by atoms with van der Waals surface area (Å²) < 4.78 is 7.67. The predicted molar refractivity (Wildman–Crippen MR) is 97.7 cm³/mol. The monoisotopic (exact) mass is 349 g/mol. The van der Waals surface area contributed by atoms with Crippen molar-refractivity contribution in [1.82, 2.24) is 9.38 Å². The summed E-state index contributed by atoms with van der Waals surface area (Å²) in [5, 5.41) is 2.97. The quantitative estimate of drug-likeness (QED) is 0.906. The SMILES string of the molecule is CCOCc1nc2sc3c(n2c1NC(C)=O)CCC(C(C)(C)C)C3. The normalized spacial score (nSPS) is 18.0. The van der Waals surface area contributed by atoms with E-state index in [1.807, 2.05) is 6.92 Å². The van der Waals surface area contributed by atoms with Crippen molar-refractivity contribution in [2.45, 2.75) is 60.5 Å². The van der Waals surface area contributed by atoms with Gasteiger partial charge in [0.2, 0.25) is 5.91 Å². The van der Waals surface area contributed by atoms with E-state index in [-0.39, 0.29) is 5.91 Å². The molecule has 0 aromatic carbocycles. The van der Waals surface area contributed by atoms with Crippen LogP contribution in [0.5, 0.6) is 0 Å². The summed E-state index contributed by atoms with van der Waals surface area (Å²) in [4.78, 5) is 18.8. The lowest BCUT2D eigenvalue weighted by Crippen LogP contribution is -2.26. The lowest BCUT2D eigenvalue weighted by atomic mass is 9.73.